The first-order chi connectivity index (χ1) is 8.79. The summed E-state index contributed by atoms with van der Waals surface area (Å²) in [6.07, 6.45) is 16.0. The van der Waals surface area contributed by atoms with Crippen LogP contribution >= 0.6 is 22.6 Å². The summed E-state index contributed by atoms with van der Waals surface area (Å²) in [4.78, 5) is 0. The van der Waals surface area contributed by atoms with Crippen LogP contribution in [0.1, 0.15) is 64.2 Å². The molecule has 0 aromatic rings. The number of aliphatic hydroxyl groups excluding tert-OH is 1. The summed E-state index contributed by atoms with van der Waals surface area (Å²) in [6, 6.07) is 0. The maximum Gasteiger partial charge on any atom is 0.0756 e. The molecule has 2 aliphatic rings. The van der Waals surface area contributed by atoms with Crippen molar-refractivity contribution in [3.63, 3.8) is 0 Å². The maximum atomic E-state index is 9.82. The lowest BCUT2D eigenvalue weighted by molar-refractivity contribution is 0.0533. The summed E-state index contributed by atoms with van der Waals surface area (Å²) in [5.41, 5.74) is 0. The standard InChI is InChI=1S/C16H27IO/c17-10-9-16(18)15-11-14(12-15)8-4-7-13-5-2-1-3-6-13/h9-10,13-16,18H,1-8,11-12H2/b10-9+. The van der Waals surface area contributed by atoms with Gasteiger partial charge in [0, 0.05) is 0 Å². The van der Waals surface area contributed by atoms with Gasteiger partial charge in [-0.25, -0.2) is 0 Å². The van der Waals surface area contributed by atoms with E-state index in [2.05, 4.69) is 22.6 Å². The molecule has 1 atom stereocenters. The van der Waals surface area contributed by atoms with E-state index in [0.717, 1.165) is 11.8 Å². The van der Waals surface area contributed by atoms with E-state index >= 15 is 0 Å². The van der Waals surface area contributed by atoms with E-state index in [1.165, 1.54) is 64.2 Å². The molecule has 0 aromatic heterocycles. The number of hydrogen-bond acceptors (Lipinski definition) is 1. The Labute approximate surface area is 126 Å². The molecule has 0 saturated heterocycles. The lowest BCUT2D eigenvalue weighted by atomic mass is 9.69. The van der Waals surface area contributed by atoms with Gasteiger partial charge in [-0.05, 0) is 40.8 Å². The number of halogens is 1. The monoisotopic (exact) mass is 362 g/mol. The van der Waals surface area contributed by atoms with Crippen molar-refractivity contribution in [1.29, 1.82) is 0 Å². The topological polar surface area (TPSA) is 20.2 Å². The van der Waals surface area contributed by atoms with Gasteiger partial charge in [0.2, 0.25) is 0 Å². The molecule has 1 N–H and O–H groups in total. The SMILES string of the molecule is OC(/C=C/I)C1CC(CCCC2CCCCC2)C1. The van der Waals surface area contributed by atoms with Crippen molar-refractivity contribution in [2.75, 3.05) is 0 Å². The van der Waals surface area contributed by atoms with Gasteiger partial charge < -0.3 is 5.11 Å². The van der Waals surface area contributed by atoms with Crippen LogP contribution in [0, 0.1) is 17.8 Å². The third kappa shape index (κ3) is 4.52. The number of aliphatic hydroxyl groups is 1. The smallest absolute Gasteiger partial charge is 0.0756 e. The minimum atomic E-state index is -0.184. The van der Waals surface area contributed by atoms with E-state index in [0.29, 0.717) is 5.92 Å². The Balaban J connectivity index is 1.51. The maximum absolute atomic E-state index is 9.82. The lowest BCUT2D eigenvalue weighted by Crippen LogP contribution is -2.32. The summed E-state index contributed by atoms with van der Waals surface area (Å²) >= 11 is 2.19. The molecule has 2 fully saturated rings. The van der Waals surface area contributed by atoms with Crippen LogP contribution in [0.4, 0.5) is 0 Å². The van der Waals surface area contributed by atoms with Gasteiger partial charge in [0.25, 0.3) is 0 Å². The van der Waals surface area contributed by atoms with E-state index < -0.39 is 0 Å². The second kappa shape index (κ2) is 7.88. The Kier molecular flexibility index (Phi) is 6.50. The Hall–Kier alpha value is 0.430. The van der Waals surface area contributed by atoms with Gasteiger partial charge in [-0.15, -0.1) is 0 Å². The predicted octanol–water partition coefficient (Wildman–Crippen LogP) is 5.07. The molecule has 2 heteroatoms. The van der Waals surface area contributed by atoms with Gasteiger partial charge in [-0.2, -0.15) is 0 Å². The van der Waals surface area contributed by atoms with Gasteiger partial charge in [0.05, 0.1) is 6.10 Å². The van der Waals surface area contributed by atoms with Crippen LogP contribution in [0.3, 0.4) is 0 Å². The summed E-state index contributed by atoms with van der Waals surface area (Å²) < 4.78 is 1.94. The number of hydrogen-bond donors (Lipinski definition) is 1. The normalized spacial score (nSPS) is 31.4. The van der Waals surface area contributed by atoms with Crippen LogP contribution in [0.5, 0.6) is 0 Å². The minimum absolute atomic E-state index is 0.184. The Bertz CT molecular complexity index is 252. The summed E-state index contributed by atoms with van der Waals surface area (Å²) in [7, 11) is 0. The van der Waals surface area contributed by atoms with Crippen molar-refractivity contribution in [2.45, 2.75) is 70.3 Å². The first-order valence-corrected chi connectivity index (χ1v) is 8.99. The molecule has 18 heavy (non-hydrogen) atoms. The molecule has 104 valence electrons. The van der Waals surface area contributed by atoms with Gasteiger partial charge >= 0.3 is 0 Å². The molecule has 2 aliphatic carbocycles. The molecule has 0 bridgehead atoms. The molecular formula is C16H27IO. The van der Waals surface area contributed by atoms with Crippen LogP contribution < -0.4 is 0 Å². The largest absolute Gasteiger partial charge is 0.389 e. The molecule has 1 nitrogen and oxygen atoms in total. The van der Waals surface area contributed by atoms with Gasteiger partial charge in [0.15, 0.2) is 0 Å². The van der Waals surface area contributed by atoms with Crippen LogP contribution in [0.25, 0.3) is 0 Å². The van der Waals surface area contributed by atoms with Crippen molar-refractivity contribution in [2.24, 2.45) is 17.8 Å². The third-order valence-electron chi connectivity index (χ3n) is 4.97. The molecule has 0 spiro atoms. The first kappa shape index (κ1) is 14.8. The molecule has 1 unspecified atom stereocenters. The molecule has 0 radical (unpaired) electrons. The molecule has 0 aromatic carbocycles. The highest BCUT2D eigenvalue weighted by molar-refractivity contribution is 14.1. The van der Waals surface area contributed by atoms with Crippen LogP contribution in [0.2, 0.25) is 0 Å². The first-order valence-electron chi connectivity index (χ1n) is 7.74. The van der Waals surface area contributed by atoms with Crippen molar-refractivity contribution < 1.29 is 5.11 Å². The zero-order chi connectivity index (χ0) is 12.8. The van der Waals surface area contributed by atoms with E-state index in [-0.39, 0.29) is 6.10 Å². The van der Waals surface area contributed by atoms with E-state index in [9.17, 15) is 5.11 Å². The minimum Gasteiger partial charge on any atom is -0.389 e. The third-order valence-corrected chi connectivity index (χ3v) is 5.39. The van der Waals surface area contributed by atoms with Gasteiger partial charge in [-0.3, -0.25) is 0 Å². The van der Waals surface area contributed by atoms with Gasteiger partial charge in [0.1, 0.15) is 0 Å². The second-order valence-electron chi connectivity index (χ2n) is 6.34. The second-order valence-corrected chi connectivity index (χ2v) is 7.06. The summed E-state index contributed by atoms with van der Waals surface area (Å²) in [5.74, 6) is 2.51. The Morgan fingerprint density at radius 2 is 1.72 bits per heavy atom. The lowest BCUT2D eigenvalue weighted by Gasteiger charge is -2.37. The van der Waals surface area contributed by atoms with Crippen molar-refractivity contribution in [3.05, 3.63) is 10.2 Å². The highest BCUT2D eigenvalue weighted by Gasteiger charge is 2.32. The molecule has 0 aliphatic heterocycles. The van der Waals surface area contributed by atoms with Crippen molar-refractivity contribution >= 4 is 22.6 Å². The molecule has 2 rings (SSSR count). The van der Waals surface area contributed by atoms with E-state index in [1.807, 2.05) is 10.2 Å². The summed E-state index contributed by atoms with van der Waals surface area (Å²) in [5, 5.41) is 9.82. The Morgan fingerprint density at radius 3 is 2.39 bits per heavy atom. The molecule has 2 saturated carbocycles. The van der Waals surface area contributed by atoms with Crippen LogP contribution in [0.15, 0.2) is 10.2 Å². The Morgan fingerprint density at radius 1 is 1.06 bits per heavy atom. The fourth-order valence-corrected chi connectivity index (χ4v) is 4.13. The predicted molar refractivity (Wildman–Crippen MR) is 85.8 cm³/mol. The van der Waals surface area contributed by atoms with Gasteiger partial charge in [-0.1, -0.05) is 74.0 Å². The quantitative estimate of drug-likeness (QED) is 0.654. The average molecular weight is 362 g/mol. The highest BCUT2D eigenvalue weighted by Crippen LogP contribution is 2.40. The molecular weight excluding hydrogens is 335 g/mol. The van der Waals surface area contributed by atoms with Crippen LogP contribution in [-0.4, -0.2) is 11.2 Å². The van der Waals surface area contributed by atoms with Crippen molar-refractivity contribution in [3.8, 4) is 0 Å². The summed E-state index contributed by atoms with van der Waals surface area (Å²) in [6.45, 7) is 0. The highest BCUT2D eigenvalue weighted by atomic mass is 127. The van der Waals surface area contributed by atoms with E-state index in [4.69, 9.17) is 0 Å². The zero-order valence-electron chi connectivity index (χ0n) is 11.4. The van der Waals surface area contributed by atoms with Crippen LogP contribution in [-0.2, 0) is 0 Å². The van der Waals surface area contributed by atoms with Crippen molar-refractivity contribution in [1.82, 2.24) is 0 Å². The zero-order valence-corrected chi connectivity index (χ0v) is 13.5. The molecule has 0 amide bonds. The number of rotatable bonds is 6. The van der Waals surface area contributed by atoms with E-state index in [1.54, 1.807) is 0 Å². The average Bonchev–Trinajstić information content (AvgIpc) is 2.33. The fourth-order valence-electron chi connectivity index (χ4n) is 3.70. The molecule has 0 heterocycles. The fraction of sp³-hybridized carbons (Fsp3) is 0.875.